The van der Waals surface area contributed by atoms with Gasteiger partial charge in [-0.3, -0.25) is 9.59 Å². The van der Waals surface area contributed by atoms with E-state index in [-0.39, 0.29) is 11.8 Å². The van der Waals surface area contributed by atoms with Crippen LogP contribution >= 0.6 is 0 Å². The number of anilines is 1. The lowest BCUT2D eigenvalue weighted by Gasteiger charge is -2.25. The average Bonchev–Trinajstić information content (AvgIpc) is 3.12. The van der Waals surface area contributed by atoms with Gasteiger partial charge in [0.1, 0.15) is 11.4 Å². The quantitative estimate of drug-likeness (QED) is 0.414. The standard InChI is InChI=1S/C29H30N2O3/c1-5-30(19-21-11-7-6-8-12-21)27-26(24-13-9-10-14-25(24)34-4)28(32)31(29(27)33)23-17-15-22(16-18-23)20(2)3/h6-18,20H,5,19H2,1-4H3. The van der Waals surface area contributed by atoms with Gasteiger partial charge in [0.25, 0.3) is 11.8 Å². The topological polar surface area (TPSA) is 49.9 Å². The zero-order chi connectivity index (χ0) is 24.2. The predicted octanol–water partition coefficient (Wildman–Crippen LogP) is 5.63. The van der Waals surface area contributed by atoms with E-state index in [1.165, 1.54) is 4.90 Å². The maximum absolute atomic E-state index is 13.9. The molecule has 1 heterocycles. The second kappa shape index (κ2) is 9.96. The molecule has 1 aliphatic rings. The number of carbonyl (C=O) groups excluding carboxylic acids is 2. The Kier molecular flexibility index (Phi) is 6.82. The van der Waals surface area contributed by atoms with Crippen molar-refractivity contribution in [3.63, 3.8) is 0 Å². The number of ether oxygens (including phenoxy) is 1. The highest BCUT2D eigenvalue weighted by atomic mass is 16.5. The number of carbonyl (C=O) groups is 2. The monoisotopic (exact) mass is 454 g/mol. The van der Waals surface area contributed by atoms with E-state index in [9.17, 15) is 9.59 Å². The van der Waals surface area contributed by atoms with Crippen LogP contribution in [0.5, 0.6) is 5.75 Å². The summed E-state index contributed by atoms with van der Waals surface area (Å²) in [5.74, 6) is 0.261. The summed E-state index contributed by atoms with van der Waals surface area (Å²) in [6.07, 6.45) is 0. The molecule has 174 valence electrons. The zero-order valence-electron chi connectivity index (χ0n) is 20.1. The van der Waals surface area contributed by atoms with Gasteiger partial charge in [-0.1, -0.05) is 74.5 Å². The zero-order valence-corrected chi connectivity index (χ0v) is 20.1. The Hall–Kier alpha value is -3.86. The maximum atomic E-state index is 13.9. The summed E-state index contributed by atoms with van der Waals surface area (Å²) in [6, 6.07) is 25.0. The van der Waals surface area contributed by atoms with E-state index < -0.39 is 0 Å². The minimum Gasteiger partial charge on any atom is -0.496 e. The highest BCUT2D eigenvalue weighted by Gasteiger charge is 2.43. The summed E-state index contributed by atoms with van der Waals surface area (Å²) in [5, 5.41) is 0. The summed E-state index contributed by atoms with van der Waals surface area (Å²) >= 11 is 0. The first kappa shape index (κ1) is 23.3. The smallest absolute Gasteiger partial charge is 0.282 e. The molecule has 0 N–H and O–H groups in total. The van der Waals surface area contributed by atoms with E-state index in [1.54, 1.807) is 7.11 Å². The number of rotatable bonds is 8. The van der Waals surface area contributed by atoms with Gasteiger partial charge in [-0.2, -0.15) is 0 Å². The van der Waals surface area contributed by atoms with Gasteiger partial charge in [0, 0.05) is 18.7 Å². The van der Waals surface area contributed by atoms with E-state index >= 15 is 0 Å². The highest BCUT2D eigenvalue weighted by Crippen LogP contribution is 2.38. The predicted molar refractivity (Wildman–Crippen MR) is 135 cm³/mol. The first-order valence-electron chi connectivity index (χ1n) is 11.6. The fourth-order valence-corrected chi connectivity index (χ4v) is 4.30. The molecular formula is C29H30N2O3. The lowest BCUT2D eigenvalue weighted by atomic mass is 10.0. The molecule has 0 spiro atoms. The Balaban J connectivity index is 1.84. The fourth-order valence-electron chi connectivity index (χ4n) is 4.30. The summed E-state index contributed by atoms with van der Waals surface area (Å²) in [7, 11) is 1.57. The van der Waals surface area contributed by atoms with E-state index in [0.29, 0.717) is 47.3 Å². The Labute approximate surface area is 201 Å². The molecule has 0 saturated heterocycles. The summed E-state index contributed by atoms with van der Waals surface area (Å²) < 4.78 is 5.57. The van der Waals surface area contributed by atoms with Crippen molar-refractivity contribution < 1.29 is 14.3 Å². The van der Waals surface area contributed by atoms with Crippen molar-refractivity contribution in [3.05, 3.63) is 101 Å². The first-order valence-corrected chi connectivity index (χ1v) is 11.6. The number of para-hydroxylation sites is 1. The van der Waals surface area contributed by atoms with Crippen molar-refractivity contribution in [1.82, 2.24) is 4.90 Å². The molecule has 2 amide bonds. The number of hydrogen-bond donors (Lipinski definition) is 0. The molecule has 0 bridgehead atoms. The van der Waals surface area contributed by atoms with E-state index in [1.807, 2.05) is 90.7 Å². The third-order valence-corrected chi connectivity index (χ3v) is 6.17. The van der Waals surface area contributed by atoms with Gasteiger partial charge in [0.05, 0.1) is 18.4 Å². The molecule has 5 nitrogen and oxygen atoms in total. The number of nitrogens with zero attached hydrogens (tertiary/aromatic N) is 2. The lowest BCUT2D eigenvalue weighted by molar-refractivity contribution is -0.120. The third kappa shape index (κ3) is 4.34. The molecule has 1 aliphatic heterocycles. The van der Waals surface area contributed by atoms with Gasteiger partial charge >= 0.3 is 0 Å². The molecular weight excluding hydrogens is 424 g/mol. The Morgan fingerprint density at radius 2 is 1.50 bits per heavy atom. The van der Waals surface area contributed by atoms with Gasteiger partial charge in [-0.05, 0) is 42.2 Å². The highest BCUT2D eigenvalue weighted by molar-refractivity contribution is 6.45. The van der Waals surface area contributed by atoms with Gasteiger partial charge in [0.15, 0.2) is 0 Å². The van der Waals surface area contributed by atoms with Crippen molar-refractivity contribution in [2.45, 2.75) is 33.2 Å². The number of hydrogen-bond acceptors (Lipinski definition) is 4. The summed E-state index contributed by atoms with van der Waals surface area (Å²) in [6.45, 7) is 7.31. The van der Waals surface area contributed by atoms with Crippen LogP contribution in [-0.4, -0.2) is 30.4 Å². The molecule has 0 radical (unpaired) electrons. The van der Waals surface area contributed by atoms with Gasteiger partial charge in [0.2, 0.25) is 0 Å². The molecule has 0 unspecified atom stereocenters. The normalized spacial score (nSPS) is 13.7. The second-order valence-corrected chi connectivity index (χ2v) is 8.62. The second-order valence-electron chi connectivity index (χ2n) is 8.62. The van der Waals surface area contributed by atoms with Crippen LogP contribution in [0.2, 0.25) is 0 Å². The van der Waals surface area contributed by atoms with Crippen LogP contribution in [0.3, 0.4) is 0 Å². The van der Waals surface area contributed by atoms with Crippen LogP contribution in [-0.2, 0) is 16.1 Å². The van der Waals surface area contributed by atoms with Crippen LogP contribution in [0.25, 0.3) is 5.57 Å². The van der Waals surface area contributed by atoms with Crippen molar-refractivity contribution in [3.8, 4) is 5.75 Å². The average molecular weight is 455 g/mol. The number of amides is 2. The van der Waals surface area contributed by atoms with E-state index in [2.05, 4.69) is 13.8 Å². The number of imide groups is 1. The largest absolute Gasteiger partial charge is 0.496 e. The van der Waals surface area contributed by atoms with Crippen LogP contribution in [0.1, 0.15) is 43.4 Å². The van der Waals surface area contributed by atoms with Crippen LogP contribution in [0, 0.1) is 0 Å². The minimum absolute atomic E-state index is 0.319. The van der Waals surface area contributed by atoms with Crippen molar-refractivity contribution in [2.75, 3.05) is 18.6 Å². The Morgan fingerprint density at radius 3 is 2.12 bits per heavy atom. The van der Waals surface area contributed by atoms with Crippen molar-refractivity contribution in [2.24, 2.45) is 0 Å². The number of methoxy groups -OCH3 is 1. The molecule has 5 heteroatoms. The van der Waals surface area contributed by atoms with E-state index in [4.69, 9.17) is 4.74 Å². The molecule has 3 aromatic carbocycles. The van der Waals surface area contributed by atoms with Gasteiger partial charge < -0.3 is 9.64 Å². The number of benzene rings is 3. The number of likely N-dealkylation sites (N-methyl/N-ethyl adjacent to an activating group) is 1. The lowest BCUT2D eigenvalue weighted by Crippen LogP contribution is -2.35. The van der Waals surface area contributed by atoms with Crippen molar-refractivity contribution >= 4 is 23.1 Å². The Morgan fingerprint density at radius 1 is 0.853 bits per heavy atom. The third-order valence-electron chi connectivity index (χ3n) is 6.17. The molecule has 0 saturated carbocycles. The summed E-state index contributed by atoms with van der Waals surface area (Å²) in [4.78, 5) is 31.0. The minimum atomic E-state index is -0.340. The summed E-state index contributed by atoms with van der Waals surface area (Å²) in [5.41, 5.74) is 4.17. The fraction of sp³-hybridized carbons (Fsp3) is 0.241. The van der Waals surface area contributed by atoms with Crippen molar-refractivity contribution in [1.29, 1.82) is 0 Å². The van der Waals surface area contributed by atoms with Crippen LogP contribution in [0.15, 0.2) is 84.6 Å². The molecule has 34 heavy (non-hydrogen) atoms. The molecule has 0 aromatic heterocycles. The first-order chi connectivity index (χ1) is 16.5. The van der Waals surface area contributed by atoms with Crippen LogP contribution in [0.4, 0.5) is 5.69 Å². The van der Waals surface area contributed by atoms with Crippen LogP contribution < -0.4 is 9.64 Å². The molecule has 0 fully saturated rings. The SMILES string of the molecule is CCN(Cc1ccccc1)C1=C(c2ccccc2OC)C(=O)N(c2ccc(C(C)C)cc2)C1=O. The van der Waals surface area contributed by atoms with E-state index in [0.717, 1.165) is 11.1 Å². The molecule has 0 atom stereocenters. The molecule has 0 aliphatic carbocycles. The Bertz CT molecular complexity index is 1210. The molecule has 4 rings (SSSR count). The maximum Gasteiger partial charge on any atom is 0.282 e. The molecule has 3 aromatic rings. The van der Waals surface area contributed by atoms with Gasteiger partial charge in [-0.15, -0.1) is 0 Å². The van der Waals surface area contributed by atoms with Gasteiger partial charge in [-0.25, -0.2) is 4.90 Å².